The van der Waals surface area contributed by atoms with Gasteiger partial charge in [-0.3, -0.25) is 0 Å². The Morgan fingerprint density at radius 3 is 2.73 bits per heavy atom. The number of aliphatic hydroxyl groups excluding tert-OH is 1. The first-order chi connectivity index (χ1) is 10.4. The van der Waals surface area contributed by atoms with Gasteiger partial charge in [0.2, 0.25) is 5.79 Å². The number of methoxy groups -OCH3 is 2. The fraction of sp³-hybridized carbons (Fsp3) is 0.556. The predicted molar refractivity (Wildman–Crippen MR) is 85.1 cm³/mol. The van der Waals surface area contributed by atoms with Crippen molar-refractivity contribution in [3.63, 3.8) is 0 Å². The van der Waals surface area contributed by atoms with E-state index in [4.69, 9.17) is 14.2 Å². The van der Waals surface area contributed by atoms with E-state index < -0.39 is 11.9 Å². The van der Waals surface area contributed by atoms with Crippen LogP contribution in [-0.4, -0.2) is 43.4 Å². The van der Waals surface area contributed by atoms with Gasteiger partial charge in [-0.2, -0.15) is 0 Å². The number of ether oxygens (including phenoxy) is 3. The number of aliphatic hydroxyl groups is 1. The average Bonchev–Trinajstić information content (AvgIpc) is 3.27. The smallest absolute Gasteiger partial charge is 0.232 e. The Hall–Kier alpha value is -1.38. The van der Waals surface area contributed by atoms with Crippen LogP contribution in [0.5, 0.6) is 0 Å². The van der Waals surface area contributed by atoms with E-state index in [1.807, 2.05) is 0 Å². The van der Waals surface area contributed by atoms with Crippen LogP contribution in [0.1, 0.15) is 26.7 Å². The highest BCUT2D eigenvalue weighted by Crippen LogP contribution is 2.45. The SMILES string of the molecule is C=C(C#CC1=CC(O)C2OC2C1(OC)OC)CCC=C(C)C. The van der Waals surface area contributed by atoms with Gasteiger partial charge in [0.05, 0.1) is 5.57 Å². The van der Waals surface area contributed by atoms with Crippen molar-refractivity contribution < 1.29 is 19.3 Å². The van der Waals surface area contributed by atoms with E-state index in [2.05, 4.69) is 38.3 Å². The zero-order valence-electron chi connectivity index (χ0n) is 13.7. The van der Waals surface area contributed by atoms with Crippen molar-refractivity contribution in [2.24, 2.45) is 0 Å². The third-order valence-electron chi connectivity index (χ3n) is 3.93. The highest BCUT2D eigenvalue weighted by atomic mass is 16.7. The molecule has 0 saturated carbocycles. The summed E-state index contributed by atoms with van der Waals surface area (Å²) in [5.41, 5.74) is 2.72. The van der Waals surface area contributed by atoms with Crippen molar-refractivity contribution in [1.82, 2.24) is 0 Å². The number of hydrogen-bond acceptors (Lipinski definition) is 4. The maximum absolute atomic E-state index is 9.97. The van der Waals surface area contributed by atoms with Gasteiger partial charge in [-0.1, -0.05) is 30.1 Å². The Balaban J connectivity index is 2.12. The molecule has 1 aliphatic heterocycles. The summed E-state index contributed by atoms with van der Waals surface area (Å²) in [7, 11) is 3.11. The van der Waals surface area contributed by atoms with Crippen molar-refractivity contribution in [3.8, 4) is 11.8 Å². The van der Waals surface area contributed by atoms with Gasteiger partial charge in [-0.15, -0.1) is 0 Å². The van der Waals surface area contributed by atoms with Crippen molar-refractivity contribution in [3.05, 3.63) is 35.5 Å². The number of rotatable bonds is 5. The molecule has 1 saturated heterocycles. The summed E-state index contributed by atoms with van der Waals surface area (Å²) in [5.74, 6) is 5.05. The lowest BCUT2D eigenvalue weighted by Gasteiger charge is -2.32. The molecule has 4 nitrogen and oxygen atoms in total. The van der Waals surface area contributed by atoms with Gasteiger partial charge < -0.3 is 19.3 Å². The van der Waals surface area contributed by atoms with E-state index in [9.17, 15) is 5.11 Å². The van der Waals surface area contributed by atoms with Gasteiger partial charge in [0, 0.05) is 14.2 Å². The van der Waals surface area contributed by atoms with Crippen molar-refractivity contribution >= 4 is 0 Å². The van der Waals surface area contributed by atoms with Crippen LogP contribution in [0, 0.1) is 11.8 Å². The minimum absolute atomic E-state index is 0.272. The van der Waals surface area contributed by atoms with Crippen molar-refractivity contribution in [2.75, 3.05) is 14.2 Å². The van der Waals surface area contributed by atoms with Gasteiger partial charge >= 0.3 is 0 Å². The monoisotopic (exact) mass is 304 g/mol. The van der Waals surface area contributed by atoms with E-state index in [-0.39, 0.29) is 12.2 Å². The summed E-state index contributed by atoms with van der Waals surface area (Å²) in [6, 6.07) is 0. The summed E-state index contributed by atoms with van der Waals surface area (Å²) in [6.45, 7) is 8.12. The summed E-state index contributed by atoms with van der Waals surface area (Å²) in [5, 5.41) is 9.97. The standard InChI is InChI=1S/C18H24O4/c1-12(2)7-6-8-13(3)9-10-14-11-15(19)16-17(22-16)18(14,20-4)21-5/h7,11,15-17,19H,3,6,8H2,1-2,4-5H3. The van der Waals surface area contributed by atoms with Crippen molar-refractivity contribution in [2.45, 2.75) is 50.8 Å². The average molecular weight is 304 g/mol. The van der Waals surface area contributed by atoms with Gasteiger partial charge in [-0.25, -0.2) is 0 Å². The minimum Gasteiger partial charge on any atom is -0.386 e. The molecule has 3 atom stereocenters. The number of fused-ring (bicyclic) bond motifs is 1. The van der Waals surface area contributed by atoms with E-state index in [1.165, 1.54) is 5.57 Å². The fourth-order valence-electron chi connectivity index (χ4n) is 2.64. The summed E-state index contributed by atoms with van der Waals surface area (Å²) in [6.07, 6.45) is 4.28. The van der Waals surface area contributed by atoms with Crippen LogP contribution < -0.4 is 0 Å². The topological polar surface area (TPSA) is 51.2 Å². The zero-order chi connectivity index (χ0) is 16.3. The maximum Gasteiger partial charge on any atom is 0.232 e. The molecule has 3 unspecified atom stereocenters. The Labute approximate surface area is 132 Å². The lowest BCUT2D eigenvalue weighted by molar-refractivity contribution is -0.189. The Kier molecular flexibility index (Phi) is 5.25. The van der Waals surface area contributed by atoms with Crippen molar-refractivity contribution in [1.29, 1.82) is 0 Å². The van der Waals surface area contributed by atoms with E-state index in [0.717, 1.165) is 18.4 Å². The third-order valence-corrected chi connectivity index (χ3v) is 3.93. The fourth-order valence-corrected chi connectivity index (χ4v) is 2.64. The number of epoxide rings is 1. The minimum atomic E-state index is -1.03. The largest absolute Gasteiger partial charge is 0.386 e. The first-order valence-corrected chi connectivity index (χ1v) is 7.44. The molecule has 1 aliphatic carbocycles. The zero-order valence-corrected chi connectivity index (χ0v) is 13.7. The van der Waals surface area contributed by atoms with Crippen LogP contribution in [0.25, 0.3) is 0 Å². The van der Waals surface area contributed by atoms with Crippen LogP contribution >= 0.6 is 0 Å². The second-order valence-corrected chi connectivity index (χ2v) is 5.84. The molecule has 0 spiro atoms. The lowest BCUT2D eigenvalue weighted by Crippen LogP contribution is -2.47. The van der Waals surface area contributed by atoms with E-state index in [0.29, 0.717) is 5.57 Å². The molecule has 0 amide bonds. The molecule has 2 rings (SSSR count). The van der Waals surface area contributed by atoms with Crippen LogP contribution in [-0.2, 0) is 14.2 Å². The second kappa shape index (κ2) is 6.80. The predicted octanol–water partition coefficient (Wildman–Crippen LogP) is 2.35. The summed E-state index contributed by atoms with van der Waals surface area (Å²) < 4.78 is 16.5. The molecular weight excluding hydrogens is 280 g/mol. The van der Waals surface area contributed by atoms with Crippen LogP contribution in [0.3, 0.4) is 0 Å². The molecule has 0 aromatic carbocycles. The molecule has 120 valence electrons. The third kappa shape index (κ3) is 3.34. The molecule has 1 heterocycles. The molecule has 2 aliphatic rings. The lowest BCUT2D eigenvalue weighted by atomic mass is 9.91. The molecule has 1 N–H and O–H groups in total. The molecule has 1 fully saturated rings. The van der Waals surface area contributed by atoms with Crippen LogP contribution in [0.15, 0.2) is 35.5 Å². The summed E-state index contributed by atoms with van der Waals surface area (Å²) in [4.78, 5) is 0. The Bertz CT molecular complexity index is 553. The van der Waals surface area contributed by atoms with Crippen LogP contribution in [0.2, 0.25) is 0 Å². The molecular formula is C18H24O4. The first kappa shape index (κ1) is 17.0. The molecule has 22 heavy (non-hydrogen) atoms. The Morgan fingerprint density at radius 1 is 1.45 bits per heavy atom. The highest BCUT2D eigenvalue weighted by molar-refractivity contribution is 5.46. The van der Waals surface area contributed by atoms with Gasteiger partial charge in [-0.05, 0) is 38.3 Å². The number of hydrogen-bond donors (Lipinski definition) is 1. The summed E-state index contributed by atoms with van der Waals surface area (Å²) >= 11 is 0. The van der Waals surface area contributed by atoms with E-state index in [1.54, 1.807) is 20.3 Å². The quantitative estimate of drug-likeness (QED) is 0.367. The highest BCUT2D eigenvalue weighted by Gasteiger charge is 2.63. The molecule has 0 aromatic heterocycles. The number of allylic oxidation sites excluding steroid dienone is 3. The normalized spacial score (nSPS) is 27.9. The first-order valence-electron chi connectivity index (χ1n) is 7.44. The molecule has 0 aromatic rings. The van der Waals surface area contributed by atoms with Gasteiger partial charge in [0.15, 0.2) is 0 Å². The Morgan fingerprint density at radius 2 is 2.14 bits per heavy atom. The molecule has 4 heteroatoms. The maximum atomic E-state index is 9.97. The van der Waals surface area contributed by atoms with Crippen LogP contribution in [0.4, 0.5) is 0 Å². The molecule has 0 radical (unpaired) electrons. The van der Waals surface area contributed by atoms with Gasteiger partial charge in [0.25, 0.3) is 0 Å². The van der Waals surface area contributed by atoms with E-state index >= 15 is 0 Å². The molecule has 0 bridgehead atoms. The second-order valence-electron chi connectivity index (χ2n) is 5.84. The van der Waals surface area contributed by atoms with Gasteiger partial charge in [0.1, 0.15) is 18.3 Å².